The maximum absolute atomic E-state index is 9.70. The Bertz CT molecular complexity index is 577. The Kier molecular flexibility index (Phi) is 4.87. The van der Waals surface area contributed by atoms with Crippen LogP contribution in [0.15, 0.2) is 42.7 Å². The van der Waals surface area contributed by atoms with Gasteiger partial charge in [0, 0.05) is 44.1 Å². The lowest BCUT2D eigenvalue weighted by Gasteiger charge is -2.35. The van der Waals surface area contributed by atoms with Crippen molar-refractivity contribution in [3.8, 4) is 5.69 Å². The minimum Gasteiger partial charge on any atom is -0.396 e. The molecule has 0 aliphatic carbocycles. The fourth-order valence-electron chi connectivity index (χ4n) is 2.90. The second kappa shape index (κ2) is 7.05. The smallest absolute Gasteiger partial charge is 0.0648 e. The lowest BCUT2D eigenvalue weighted by atomic mass is 9.81. The number of hydrogen-bond donors (Lipinski definition) is 2. The first kappa shape index (κ1) is 15.2. The van der Waals surface area contributed by atoms with Crippen LogP contribution in [-0.4, -0.2) is 41.3 Å². The van der Waals surface area contributed by atoms with Gasteiger partial charge in [0.2, 0.25) is 0 Å². The molecule has 0 amide bonds. The van der Waals surface area contributed by atoms with E-state index < -0.39 is 0 Å². The van der Waals surface area contributed by atoms with Crippen LogP contribution >= 0.6 is 0 Å². The summed E-state index contributed by atoms with van der Waals surface area (Å²) >= 11 is 0. The van der Waals surface area contributed by atoms with E-state index in [0.717, 1.165) is 44.8 Å². The topological polar surface area (TPSA) is 59.3 Å². The van der Waals surface area contributed by atoms with E-state index in [1.807, 2.05) is 29.1 Å². The van der Waals surface area contributed by atoms with Crippen molar-refractivity contribution in [1.29, 1.82) is 0 Å². The molecule has 1 aliphatic rings. The fourth-order valence-corrected chi connectivity index (χ4v) is 2.90. The molecule has 0 bridgehead atoms. The third-order valence-electron chi connectivity index (χ3n) is 4.40. The van der Waals surface area contributed by atoms with Crippen LogP contribution in [0.3, 0.4) is 0 Å². The van der Waals surface area contributed by atoms with Gasteiger partial charge in [-0.05, 0) is 36.6 Å². The van der Waals surface area contributed by atoms with Crippen LogP contribution in [-0.2, 0) is 11.3 Å². The number of nitrogens with one attached hydrogen (secondary N) is 1. The summed E-state index contributed by atoms with van der Waals surface area (Å²) in [5.74, 6) is 0. The number of rotatable bonds is 6. The highest BCUT2D eigenvalue weighted by Gasteiger charge is 2.31. The molecule has 2 N–H and O–H groups in total. The molecule has 118 valence electrons. The zero-order valence-electron chi connectivity index (χ0n) is 12.7. The van der Waals surface area contributed by atoms with Crippen LogP contribution in [0.2, 0.25) is 0 Å². The predicted molar refractivity (Wildman–Crippen MR) is 84.8 cm³/mol. The summed E-state index contributed by atoms with van der Waals surface area (Å²) in [6.45, 7) is 3.32. The molecule has 0 radical (unpaired) electrons. The van der Waals surface area contributed by atoms with Crippen LogP contribution in [0.5, 0.6) is 0 Å². The van der Waals surface area contributed by atoms with Crippen LogP contribution in [0, 0.1) is 5.41 Å². The molecule has 1 aromatic heterocycles. The van der Waals surface area contributed by atoms with Crippen LogP contribution in [0.4, 0.5) is 0 Å². The van der Waals surface area contributed by atoms with Gasteiger partial charge in [-0.1, -0.05) is 12.1 Å². The first-order valence-corrected chi connectivity index (χ1v) is 7.80. The van der Waals surface area contributed by atoms with Gasteiger partial charge in [-0.15, -0.1) is 0 Å². The highest BCUT2D eigenvalue weighted by Crippen LogP contribution is 2.29. The zero-order valence-corrected chi connectivity index (χ0v) is 12.7. The average Bonchev–Trinajstić information content (AvgIpc) is 3.11. The molecular formula is C17H23N3O2. The third kappa shape index (κ3) is 3.55. The van der Waals surface area contributed by atoms with Gasteiger partial charge in [0.15, 0.2) is 0 Å². The molecule has 2 aromatic rings. The van der Waals surface area contributed by atoms with Gasteiger partial charge in [0.05, 0.1) is 12.3 Å². The predicted octanol–water partition coefficient (Wildman–Crippen LogP) is 1.75. The molecule has 3 rings (SSSR count). The third-order valence-corrected chi connectivity index (χ3v) is 4.40. The molecule has 0 unspecified atom stereocenters. The van der Waals surface area contributed by atoms with Crippen molar-refractivity contribution in [2.45, 2.75) is 19.4 Å². The quantitative estimate of drug-likeness (QED) is 0.853. The van der Waals surface area contributed by atoms with Crippen molar-refractivity contribution < 1.29 is 9.84 Å². The first-order chi connectivity index (χ1) is 10.8. The van der Waals surface area contributed by atoms with E-state index in [0.29, 0.717) is 0 Å². The second-order valence-corrected chi connectivity index (χ2v) is 5.99. The lowest BCUT2D eigenvalue weighted by molar-refractivity contribution is -0.0154. The molecule has 1 aliphatic heterocycles. The first-order valence-electron chi connectivity index (χ1n) is 7.80. The lowest BCUT2D eigenvalue weighted by Crippen LogP contribution is -2.41. The number of aromatic nitrogens is 2. The van der Waals surface area contributed by atoms with E-state index in [2.05, 4.69) is 22.5 Å². The molecule has 5 nitrogen and oxygen atoms in total. The van der Waals surface area contributed by atoms with Crippen LogP contribution < -0.4 is 5.32 Å². The van der Waals surface area contributed by atoms with Crippen LogP contribution in [0.1, 0.15) is 18.4 Å². The molecule has 0 saturated carbocycles. The molecule has 1 fully saturated rings. The molecule has 22 heavy (non-hydrogen) atoms. The summed E-state index contributed by atoms with van der Waals surface area (Å²) < 4.78 is 7.26. The molecular weight excluding hydrogens is 278 g/mol. The van der Waals surface area contributed by atoms with Crippen molar-refractivity contribution in [1.82, 2.24) is 15.1 Å². The number of hydrogen-bond acceptors (Lipinski definition) is 4. The fraction of sp³-hybridized carbons (Fsp3) is 0.471. The molecule has 1 aromatic carbocycles. The Labute approximate surface area is 130 Å². The Balaban J connectivity index is 1.58. The SMILES string of the molecule is OCC1(CNCc2cccc(-n3cccn3)c2)CCOCC1. The van der Waals surface area contributed by atoms with Gasteiger partial charge in [0.25, 0.3) is 0 Å². The summed E-state index contributed by atoms with van der Waals surface area (Å²) in [4.78, 5) is 0. The molecule has 2 heterocycles. The van der Waals surface area contributed by atoms with E-state index in [-0.39, 0.29) is 12.0 Å². The van der Waals surface area contributed by atoms with Gasteiger partial charge in [-0.2, -0.15) is 5.10 Å². The Hall–Kier alpha value is -1.69. The summed E-state index contributed by atoms with van der Waals surface area (Å²) in [6, 6.07) is 10.3. The Morgan fingerprint density at radius 2 is 2.14 bits per heavy atom. The molecule has 0 spiro atoms. The summed E-state index contributed by atoms with van der Waals surface area (Å²) in [5.41, 5.74) is 2.25. The number of nitrogens with zero attached hydrogens (tertiary/aromatic N) is 2. The second-order valence-electron chi connectivity index (χ2n) is 5.99. The highest BCUT2D eigenvalue weighted by molar-refractivity contribution is 5.34. The number of aliphatic hydroxyl groups is 1. The maximum atomic E-state index is 9.70. The van der Waals surface area contributed by atoms with Crippen LogP contribution in [0.25, 0.3) is 5.69 Å². The number of ether oxygens (including phenoxy) is 1. The summed E-state index contributed by atoms with van der Waals surface area (Å²) in [5, 5.41) is 17.4. The van der Waals surface area contributed by atoms with Crippen molar-refractivity contribution in [3.63, 3.8) is 0 Å². The van der Waals surface area contributed by atoms with Crippen molar-refractivity contribution >= 4 is 0 Å². The molecule has 1 saturated heterocycles. The maximum Gasteiger partial charge on any atom is 0.0648 e. The van der Waals surface area contributed by atoms with Gasteiger partial charge in [-0.25, -0.2) is 4.68 Å². The highest BCUT2D eigenvalue weighted by atomic mass is 16.5. The van der Waals surface area contributed by atoms with Crippen molar-refractivity contribution in [2.75, 3.05) is 26.4 Å². The zero-order chi connectivity index (χ0) is 15.3. The normalized spacial score (nSPS) is 17.5. The van der Waals surface area contributed by atoms with E-state index in [4.69, 9.17) is 4.74 Å². The Morgan fingerprint density at radius 1 is 1.27 bits per heavy atom. The van der Waals surface area contributed by atoms with Crippen molar-refractivity contribution in [3.05, 3.63) is 48.3 Å². The number of benzene rings is 1. The van der Waals surface area contributed by atoms with E-state index in [9.17, 15) is 5.11 Å². The minimum absolute atomic E-state index is 0.0299. The van der Waals surface area contributed by atoms with Gasteiger partial charge in [-0.3, -0.25) is 0 Å². The monoisotopic (exact) mass is 301 g/mol. The van der Waals surface area contributed by atoms with Gasteiger partial charge < -0.3 is 15.2 Å². The van der Waals surface area contributed by atoms with E-state index in [1.165, 1.54) is 5.56 Å². The van der Waals surface area contributed by atoms with E-state index in [1.54, 1.807) is 6.20 Å². The minimum atomic E-state index is -0.0299. The van der Waals surface area contributed by atoms with Crippen molar-refractivity contribution in [2.24, 2.45) is 5.41 Å². The molecule has 0 atom stereocenters. The van der Waals surface area contributed by atoms with Gasteiger partial charge in [0.1, 0.15) is 0 Å². The van der Waals surface area contributed by atoms with E-state index >= 15 is 0 Å². The summed E-state index contributed by atoms with van der Waals surface area (Å²) in [7, 11) is 0. The standard InChI is InChI=1S/C17H23N3O2/c21-14-17(5-9-22-10-6-17)13-18-12-15-3-1-4-16(11-15)20-8-2-7-19-20/h1-4,7-8,11,18,21H,5-6,9-10,12-14H2. The number of aliphatic hydroxyl groups excluding tert-OH is 1. The summed E-state index contributed by atoms with van der Waals surface area (Å²) in [6.07, 6.45) is 5.56. The molecule has 5 heteroatoms. The Morgan fingerprint density at radius 3 is 2.86 bits per heavy atom. The largest absolute Gasteiger partial charge is 0.396 e. The van der Waals surface area contributed by atoms with Gasteiger partial charge >= 0.3 is 0 Å². The average molecular weight is 301 g/mol.